The molecule has 0 unspecified atom stereocenters. The number of aromatic nitrogens is 5. The van der Waals surface area contributed by atoms with Gasteiger partial charge in [-0.3, -0.25) is 9.29 Å². The molecule has 188 valence electrons. The van der Waals surface area contributed by atoms with Crippen LogP contribution >= 0.6 is 0 Å². The van der Waals surface area contributed by atoms with E-state index in [0.29, 0.717) is 42.6 Å². The Morgan fingerprint density at radius 3 is 2.40 bits per heavy atom. The number of para-hydroxylation sites is 1. The minimum Gasteiger partial charge on any atom is -0.494 e. The fraction of sp³-hybridized carbons (Fsp3) is 0.455. The van der Waals surface area contributed by atoms with Crippen LogP contribution in [0.3, 0.4) is 0 Å². The highest BCUT2D eigenvalue weighted by Gasteiger charge is 2.35. The Morgan fingerprint density at radius 1 is 1.17 bits per heavy atom. The Hall–Kier alpha value is -3.29. The summed E-state index contributed by atoms with van der Waals surface area (Å²) < 4.78 is 47.3. The summed E-state index contributed by atoms with van der Waals surface area (Å²) in [5, 5.41) is 17.8. The summed E-state index contributed by atoms with van der Waals surface area (Å²) in [5.74, 6) is 1.19. The van der Waals surface area contributed by atoms with Gasteiger partial charge in [-0.1, -0.05) is 6.07 Å². The van der Waals surface area contributed by atoms with Crippen molar-refractivity contribution in [2.24, 2.45) is 0 Å². The van der Waals surface area contributed by atoms with Crippen molar-refractivity contribution >= 4 is 16.0 Å². The topological polar surface area (TPSA) is 151 Å². The quantitative estimate of drug-likeness (QED) is 0.441. The van der Waals surface area contributed by atoms with Crippen molar-refractivity contribution in [1.29, 1.82) is 0 Å². The normalized spacial score (nSPS) is 17.7. The minimum atomic E-state index is -4.17. The first-order valence-corrected chi connectivity index (χ1v) is 12.5. The lowest BCUT2D eigenvalue weighted by molar-refractivity contribution is 0.166. The first-order valence-electron chi connectivity index (χ1n) is 11.0. The molecule has 0 saturated carbocycles. The van der Waals surface area contributed by atoms with Crippen LogP contribution in [-0.2, 0) is 14.8 Å². The predicted molar refractivity (Wildman–Crippen MR) is 126 cm³/mol. The molecule has 1 aliphatic rings. The van der Waals surface area contributed by atoms with Gasteiger partial charge in [-0.15, -0.1) is 10.2 Å². The Morgan fingerprint density at radius 2 is 1.83 bits per heavy atom. The smallest absolute Gasteiger partial charge is 0.243 e. The first-order chi connectivity index (χ1) is 16.8. The van der Waals surface area contributed by atoms with E-state index in [1.165, 1.54) is 33.5 Å². The standard InChI is InChI=1S/C22H28N6O6S/c1-13-10-23-20(24-11-13)19(29)14(2)35(30,31)27-22-26-25-21(15-8-9-34-12-15)28(22)18-16(32-3)6-5-7-17(18)33-4/h5-7,10-11,14-15,19,29H,8-9,12H2,1-4H3,(H,26,27)/t14-,15-,19-/m0/s1. The summed E-state index contributed by atoms with van der Waals surface area (Å²) in [6.07, 6.45) is 2.26. The van der Waals surface area contributed by atoms with Gasteiger partial charge in [-0.05, 0) is 38.0 Å². The molecule has 1 aliphatic heterocycles. The van der Waals surface area contributed by atoms with E-state index in [1.807, 2.05) is 0 Å². The van der Waals surface area contributed by atoms with Crippen molar-refractivity contribution in [3.63, 3.8) is 0 Å². The largest absolute Gasteiger partial charge is 0.494 e. The van der Waals surface area contributed by atoms with Gasteiger partial charge in [0.15, 0.2) is 5.82 Å². The Kier molecular flexibility index (Phi) is 7.19. The molecule has 12 nitrogen and oxygen atoms in total. The zero-order chi connectivity index (χ0) is 25.2. The molecule has 3 atom stereocenters. The Balaban J connectivity index is 1.76. The summed E-state index contributed by atoms with van der Waals surface area (Å²) in [6.45, 7) is 4.14. The Bertz CT molecular complexity index is 1250. The number of nitrogens with zero attached hydrogens (tertiary/aromatic N) is 5. The maximum atomic E-state index is 13.3. The maximum Gasteiger partial charge on any atom is 0.243 e. The van der Waals surface area contributed by atoms with Gasteiger partial charge >= 0.3 is 0 Å². The van der Waals surface area contributed by atoms with E-state index >= 15 is 0 Å². The van der Waals surface area contributed by atoms with Gasteiger partial charge in [0.1, 0.15) is 34.4 Å². The lowest BCUT2D eigenvalue weighted by atomic mass is 10.1. The monoisotopic (exact) mass is 504 g/mol. The van der Waals surface area contributed by atoms with E-state index in [1.54, 1.807) is 29.7 Å². The number of aryl methyl sites for hydroxylation is 1. The number of rotatable bonds is 9. The molecule has 0 radical (unpaired) electrons. The van der Waals surface area contributed by atoms with Gasteiger partial charge in [-0.25, -0.2) is 18.4 Å². The zero-order valence-corrected chi connectivity index (χ0v) is 20.7. The first kappa shape index (κ1) is 24.8. The number of aliphatic hydroxyl groups excluding tert-OH is 1. The second-order valence-corrected chi connectivity index (χ2v) is 10.2. The van der Waals surface area contributed by atoms with Crippen LogP contribution in [0.1, 0.15) is 42.6 Å². The van der Waals surface area contributed by atoms with E-state index in [0.717, 1.165) is 5.56 Å². The van der Waals surface area contributed by atoms with Crippen molar-refractivity contribution in [3.8, 4) is 17.2 Å². The highest BCUT2D eigenvalue weighted by atomic mass is 32.2. The molecule has 2 aromatic heterocycles. The number of benzene rings is 1. The highest BCUT2D eigenvalue weighted by molar-refractivity contribution is 7.93. The number of methoxy groups -OCH3 is 2. The third-order valence-corrected chi connectivity index (χ3v) is 7.55. The van der Waals surface area contributed by atoms with Crippen molar-refractivity contribution < 1.29 is 27.7 Å². The van der Waals surface area contributed by atoms with E-state index in [4.69, 9.17) is 14.2 Å². The van der Waals surface area contributed by atoms with E-state index in [9.17, 15) is 13.5 Å². The molecule has 4 rings (SSSR count). The average Bonchev–Trinajstić information content (AvgIpc) is 3.52. The number of sulfonamides is 1. The summed E-state index contributed by atoms with van der Waals surface area (Å²) in [5.41, 5.74) is 1.23. The van der Waals surface area contributed by atoms with Gasteiger partial charge in [0.2, 0.25) is 16.0 Å². The third-order valence-electron chi connectivity index (χ3n) is 5.84. The van der Waals surface area contributed by atoms with Crippen LogP contribution in [-0.4, -0.2) is 70.9 Å². The van der Waals surface area contributed by atoms with Crippen LogP contribution in [0, 0.1) is 6.92 Å². The molecule has 3 heterocycles. The van der Waals surface area contributed by atoms with Gasteiger partial charge in [0.05, 0.1) is 20.8 Å². The van der Waals surface area contributed by atoms with Gasteiger partial charge in [0.25, 0.3) is 0 Å². The minimum absolute atomic E-state index is 0.00475. The van der Waals surface area contributed by atoms with Crippen LogP contribution in [0.15, 0.2) is 30.6 Å². The number of hydrogen-bond acceptors (Lipinski definition) is 10. The maximum absolute atomic E-state index is 13.3. The molecule has 0 aliphatic carbocycles. The van der Waals surface area contributed by atoms with E-state index in [2.05, 4.69) is 24.9 Å². The Labute approximate surface area is 203 Å². The fourth-order valence-corrected chi connectivity index (χ4v) is 4.83. The molecular weight excluding hydrogens is 476 g/mol. The number of hydrogen-bond donors (Lipinski definition) is 2. The molecule has 3 aromatic rings. The van der Waals surface area contributed by atoms with Crippen LogP contribution < -0.4 is 14.2 Å². The van der Waals surface area contributed by atoms with Crippen LogP contribution in [0.2, 0.25) is 0 Å². The molecule has 1 saturated heterocycles. The number of ether oxygens (including phenoxy) is 3. The third kappa shape index (κ3) is 4.92. The second kappa shape index (κ2) is 10.1. The van der Waals surface area contributed by atoms with E-state index < -0.39 is 21.4 Å². The summed E-state index contributed by atoms with van der Waals surface area (Å²) in [6, 6.07) is 5.21. The summed E-state index contributed by atoms with van der Waals surface area (Å²) in [4.78, 5) is 8.11. The van der Waals surface area contributed by atoms with Gasteiger partial charge < -0.3 is 19.3 Å². The van der Waals surface area contributed by atoms with Crippen LogP contribution in [0.5, 0.6) is 11.5 Å². The molecule has 0 spiro atoms. The molecule has 2 N–H and O–H groups in total. The van der Waals surface area contributed by atoms with Crippen molar-refractivity contribution in [2.45, 2.75) is 37.5 Å². The predicted octanol–water partition coefficient (Wildman–Crippen LogP) is 1.75. The molecular formula is C22H28N6O6S. The number of nitrogens with one attached hydrogen (secondary N) is 1. The van der Waals surface area contributed by atoms with Gasteiger partial charge in [-0.2, -0.15) is 0 Å². The molecule has 1 aromatic carbocycles. The van der Waals surface area contributed by atoms with Crippen LogP contribution in [0.25, 0.3) is 5.69 Å². The summed E-state index contributed by atoms with van der Waals surface area (Å²) in [7, 11) is -1.16. The van der Waals surface area contributed by atoms with Gasteiger partial charge in [0, 0.05) is 24.9 Å². The lowest BCUT2D eigenvalue weighted by Crippen LogP contribution is -2.32. The molecule has 1 fully saturated rings. The van der Waals surface area contributed by atoms with E-state index in [-0.39, 0.29) is 17.7 Å². The zero-order valence-electron chi connectivity index (χ0n) is 19.9. The molecule has 0 amide bonds. The molecule has 0 bridgehead atoms. The fourth-order valence-electron chi connectivity index (χ4n) is 3.79. The summed E-state index contributed by atoms with van der Waals surface area (Å²) >= 11 is 0. The number of aliphatic hydroxyl groups is 1. The average molecular weight is 505 g/mol. The second-order valence-electron chi connectivity index (χ2n) is 8.20. The van der Waals surface area contributed by atoms with Crippen LogP contribution in [0.4, 0.5) is 5.95 Å². The van der Waals surface area contributed by atoms with Crippen molar-refractivity contribution in [1.82, 2.24) is 24.7 Å². The van der Waals surface area contributed by atoms with Crippen molar-refractivity contribution in [3.05, 3.63) is 47.8 Å². The number of anilines is 1. The molecule has 13 heteroatoms. The van der Waals surface area contributed by atoms with Crippen molar-refractivity contribution in [2.75, 3.05) is 32.2 Å². The lowest BCUT2D eigenvalue weighted by Gasteiger charge is -2.21. The highest BCUT2D eigenvalue weighted by Crippen LogP contribution is 2.38. The molecule has 35 heavy (non-hydrogen) atoms. The SMILES string of the molecule is COc1cccc(OC)c1-n1c(NS(=O)(=O)[C@@H](C)[C@H](O)c2ncc(C)cn2)nnc1[C@H]1CCOC1.